The van der Waals surface area contributed by atoms with E-state index >= 15 is 0 Å². The number of ether oxygens (including phenoxy) is 1. The Kier molecular flexibility index (Phi) is 2.39. The zero-order valence-electron chi connectivity index (χ0n) is 8.31. The standard InChI is InChI=1S/C8H9N3O5/c1-3-5(4-2-9-8(14)15-4)16-11-6(3)10-7(12)13/h4H,2H2,1H3,(H,9,14)(H,10,11)(H,12,13). The van der Waals surface area contributed by atoms with Gasteiger partial charge in [-0.3, -0.25) is 5.32 Å². The molecule has 3 N–H and O–H groups in total. The summed E-state index contributed by atoms with van der Waals surface area (Å²) in [7, 11) is 0. The van der Waals surface area contributed by atoms with Crippen molar-refractivity contribution in [2.24, 2.45) is 0 Å². The van der Waals surface area contributed by atoms with Crippen LogP contribution in [-0.4, -0.2) is 29.0 Å². The number of alkyl carbamates (subject to hydrolysis) is 1. The molecule has 16 heavy (non-hydrogen) atoms. The molecule has 0 saturated carbocycles. The molecule has 1 unspecified atom stereocenters. The maximum absolute atomic E-state index is 10.8. The molecule has 0 radical (unpaired) electrons. The van der Waals surface area contributed by atoms with Crippen molar-refractivity contribution >= 4 is 18.0 Å². The van der Waals surface area contributed by atoms with Crippen LogP contribution in [0.15, 0.2) is 4.52 Å². The molecule has 0 aliphatic carbocycles. The van der Waals surface area contributed by atoms with Crippen LogP contribution in [0, 0.1) is 6.92 Å². The van der Waals surface area contributed by atoms with Crippen LogP contribution in [0.4, 0.5) is 15.4 Å². The zero-order valence-corrected chi connectivity index (χ0v) is 8.31. The van der Waals surface area contributed by atoms with Crippen molar-refractivity contribution in [3.63, 3.8) is 0 Å². The predicted molar refractivity (Wildman–Crippen MR) is 50.1 cm³/mol. The molecule has 1 aliphatic rings. The monoisotopic (exact) mass is 227 g/mol. The summed E-state index contributed by atoms with van der Waals surface area (Å²) in [5, 5.41) is 16.6. The van der Waals surface area contributed by atoms with E-state index < -0.39 is 18.3 Å². The second-order valence-corrected chi connectivity index (χ2v) is 3.23. The Labute approximate surface area is 89.5 Å². The van der Waals surface area contributed by atoms with Crippen LogP contribution in [-0.2, 0) is 4.74 Å². The van der Waals surface area contributed by atoms with E-state index in [1.54, 1.807) is 6.92 Å². The van der Waals surface area contributed by atoms with Crippen LogP contribution in [0.2, 0.25) is 0 Å². The van der Waals surface area contributed by atoms with Gasteiger partial charge in [0.15, 0.2) is 17.7 Å². The highest BCUT2D eigenvalue weighted by Crippen LogP contribution is 2.28. The van der Waals surface area contributed by atoms with Gasteiger partial charge in [0.2, 0.25) is 0 Å². The molecule has 0 bridgehead atoms. The Bertz CT molecular complexity index is 441. The molecule has 1 atom stereocenters. The molecule has 0 aromatic carbocycles. The molecular weight excluding hydrogens is 218 g/mol. The third kappa shape index (κ3) is 1.76. The van der Waals surface area contributed by atoms with Gasteiger partial charge in [0, 0.05) is 5.56 Å². The van der Waals surface area contributed by atoms with Crippen molar-refractivity contribution in [1.82, 2.24) is 10.5 Å². The highest BCUT2D eigenvalue weighted by Gasteiger charge is 2.30. The number of rotatable bonds is 2. The van der Waals surface area contributed by atoms with E-state index in [0.29, 0.717) is 11.3 Å². The molecular formula is C8H9N3O5. The second kappa shape index (κ2) is 3.72. The summed E-state index contributed by atoms with van der Waals surface area (Å²) in [6, 6.07) is 0. The number of carbonyl (C=O) groups is 2. The molecule has 2 rings (SSSR count). The van der Waals surface area contributed by atoms with Gasteiger partial charge in [-0.15, -0.1) is 0 Å². The van der Waals surface area contributed by atoms with E-state index in [9.17, 15) is 9.59 Å². The van der Waals surface area contributed by atoms with E-state index in [0.717, 1.165) is 0 Å². The number of nitrogens with one attached hydrogen (secondary N) is 2. The summed E-state index contributed by atoms with van der Waals surface area (Å²) in [4.78, 5) is 21.2. The fourth-order valence-electron chi connectivity index (χ4n) is 1.40. The Morgan fingerprint density at radius 2 is 2.44 bits per heavy atom. The first-order valence-electron chi connectivity index (χ1n) is 4.48. The van der Waals surface area contributed by atoms with Crippen LogP contribution in [0.5, 0.6) is 0 Å². The highest BCUT2D eigenvalue weighted by atomic mass is 16.6. The van der Waals surface area contributed by atoms with Gasteiger partial charge in [0.25, 0.3) is 0 Å². The van der Waals surface area contributed by atoms with E-state index in [-0.39, 0.29) is 12.4 Å². The first-order valence-corrected chi connectivity index (χ1v) is 4.48. The van der Waals surface area contributed by atoms with Crippen molar-refractivity contribution in [2.75, 3.05) is 11.9 Å². The van der Waals surface area contributed by atoms with Gasteiger partial charge in [-0.2, -0.15) is 0 Å². The third-order valence-corrected chi connectivity index (χ3v) is 2.16. The molecule has 1 fully saturated rings. The lowest BCUT2D eigenvalue weighted by Gasteiger charge is -2.03. The number of nitrogens with zero attached hydrogens (tertiary/aromatic N) is 1. The minimum absolute atomic E-state index is 0.102. The van der Waals surface area contributed by atoms with Gasteiger partial charge in [-0.05, 0) is 6.92 Å². The van der Waals surface area contributed by atoms with Crippen molar-refractivity contribution in [3.8, 4) is 0 Å². The molecule has 1 saturated heterocycles. The smallest absolute Gasteiger partial charge is 0.410 e. The van der Waals surface area contributed by atoms with Crippen molar-refractivity contribution in [3.05, 3.63) is 11.3 Å². The van der Waals surface area contributed by atoms with E-state index in [2.05, 4.69) is 15.8 Å². The Balaban J connectivity index is 2.19. The fraction of sp³-hybridized carbons (Fsp3) is 0.375. The number of amides is 2. The van der Waals surface area contributed by atoms with Crippen LogP contribution >= 0.6 is 0 Å². The summed E-state index contributed by atoms with van der Waals surface area (Å²) in [6.45, 7) is 1.91. The molecule has 2 amide bonds. The molecule has 2 heterocycles. The Morgan fingerprint density at radius 1 is 1.69 bits per heavy atom. The number of anilines is 1. The Morgan fingerprint density at radius 3 is 3.00 bits per heavy atom. The van der Waals surface area contributed by atoms with Crippen molar-refractivity contribution < 1.29 is 24.0 Å². The SMILES string of the molecule is Cc1c(NC(=O)O)noc1C1CNC(=O)O1. The molecule has 1 aliphatic heterocycles. The lowest BCUT2D eigenvalue weighted by molar-refractivity contribution is 0.123. The molecule has 1 aromatic heterocycles. The maximum Gasteiger partial charge on any atom is 0.410 e. The predicted octanol–water partition coefficient (Wildman–Crippen LogP) is 0.854. The summed E-state index contributed by atoms with van der Waals surface area (Å²) in [6.07, 6.45) is -2.33. The van der Waals surface area contributed by atoms with E-state index in [1.807, 2.05) is 0 Å². The van der Waals surface area contributed by atoms with Crippen LogP contribution in [0.3, 0.4) is 0 Å². The van der Waals surface area contributed by atoms with Gasteiger partial charge < -0.3 is 19.7 Å². The highest BCUT2D eigenvalue weighted by molar-refractivity contribution is 5.82. The number of carbonyl (C=O) groups excluding carboxylic acids is 1. The molecule has 8 heteroatoms. The van der Waals surface area contributed by atoms with Gasteiger partial charge in [-0.1, -0.05) is 5.16 Å². The number of aromatic nitrogens is 1. The number of carboxylic acid groups (broad SMARTS) is 1. The Hall–Kier alpha value is -2.25. The summed E-state index contributed by atoms with van der Waals surface area (Å²) in [5.74, 6) is 0.438. The molecule has 86 valence electrons. The largest absolute Gasteiger partial charge is 0.465 e. The zero-order chi connectivity index (χ0) is 11.7. The average Bonchev–Trinajstić information content (AvgIpc) is 2.74. The maximum atomic E-state index is 10.8. The number of hydrogen-bond donors (Lipinski definition) is 3. The van der Waals surface area contributed by atoms with Gasteiger partial charge >= 0.3 is 12.2 Å². The summed E-state index contributed by atoms with van der Waals surface area (Å²) in [5.41, 5.74) is 0.504. The van der Waals surface area contributed by atoms with Gasteiger partial charge in [0.1, 0.15) is 0 Å². The lowest BCUT2D eigenvalue weighted by atomic mass is 10.2. The first-order chi connectivity index (χ1) is 7.58. The van der Waals surface area contributed by atoms with Crippen LogP contribution in [0.25, 0.3) is 0 Å². The van der Waals surface area contributed by atoms with Crippen molar-refractivity contribution in [1.29, 1.82) is 0 Å². The third-order valence-electron chi connectivity index (χ3n) is 2.16. The van der Waals surface area contributed by atoms with Gasteiger partial charge in [0.05, 0.1) is 6.54 Å². The molecule has 8 nitrogen and oxygen atoms in total. The normalized spacial score (nSPS) is 19.1. The topological polar surface area (TPSA) is 114 Å². The number of cyclic esters (lactones) is 1. The molecule has 0 spiro atoms. The van der Waals surface area contributed by atoms with E-state index in [1.165, 1.54) is 0 Å². The lowest BCUT2D eigenvalue weighted by Crippen LogP contribution is -2.12. The molecule has 1 aromatic rings. The average molecular weight is 227 g/mol. The van der Waals surface area contributed by atoms with E-state index in [4.69, 9.17) is 14.4 Å². The fourth-order valence-corrected chi connectivity index (χ4v) is 1.40. The quantitative estimate of drug-likeness (QED) is 0.690. The summed E-state index contributed by atoms with van der Waals surface area (Å²) < 4.78 is 9.82. The minimum atomic E-state index is -1.23. The second-order valence-electron chi connectivity index (χ2n) is 3.23. The van der Waals surface area contributed by atoms with Gasteiger partial charge in [-0.25, -0.2) is 9.59 Å². The van der Waals surface area contributed by atoms with Crippen molar-refractivity contribution in [2.45, 2.75) is 13.0 Å². The van der Waals surface area contributed by atoms with Crippen LogP contribution < -0.4 is 10.6 Å². The first kappa shape index (κ1) is 10.3. The number of hydrogen-bond acceptors (Lipinski definition) is 5. The summed E-state index contributed by atoms with van der Waals surface area (Å²) >= 11 is 0. The van der Waals surface area contributed by atoms with Crippen LogP contribution in [0.1, 0.15) is 17.4 Å². The minimum Gasteiger partial charge on any atom is -0.465 e.